The standard InChI is InChI=1S/C9H8F2O2S/c10-9(11,8(12)13)7-4-3-6(14-7)5-1-2-5/h3-5H,1-2H2,(H,12,13). The molecular formula is C9H8F2O2S. The molecule has 0 spiro atoms. The van der Waals surface area contributed by atoms with Crippen LogP contribution in [0, 0.1) is 0 Å². The van der Waals surface area contributed by atoms with Crippen molar-refractivity contribution in [3.63, 3.8) is 0 Å². The molecule has 0 atom stereocenters. The van der Waals surface area contributed by atoms with Crippen molar-refractivity contribution in [1.29, 1.82) is 0 Å². The van der Waals surface area contributed by atoms with E-state index in [0.29, 0.717) is 5.92 Å². The molecule has 1 aromatic rings. The highest BCUT2D eigenvalue weighted by Gasteiger charge is 2.43. The third kappa shape index (κ3) is 1.52. The first-order valence-electron chi connectivity index (χ1n) is 4.23. The lowest BCUT2D eigenvalue weighted by Gasteiger charge is -2.07. The molecule has 1 heterocycles. The third-order valence-corrected chi connectivity index (χ3v) is 3.50. The first-order chi connectivity index (χ1) is 6.51. The molecular weight excluding hydrogens is 210 g/mol. The number of halogens is 2. The van der Waals surface area contributed by atoms with Gasteiger partial charge in [-0.15, -0.1) is 11.3 Å². The summed E-state index contributed by atoms with van der Waals surface area (Å²) in [6.07, 6.45) is 2.05. The lowest BCUT2D eigenvalue weighted by atomic mass is 10.2. The molecule has 1 saturated carbocycles. The first-order valence-corrected chi connectivity index (χ1v) is 5.05. The Labute approximate surface area is 83.2 Å². The number of aliphatic carboxylic acids is 1. The summed E-state index contributed by atoms with van der Waals surface area (Å²) in [5, 5.41) is 8.31. The maximum atomic E-state index is 13.0. The fourth-order valence-electron chi connectivity index (χ4n) is 1.21. The van der Waals surface area contributed by atoms with Gasteiger partial charge in [0.1, 0.15) is 0 Å². The number of rotatable bonds is 3. The molecule has 0 unspecified atom stereocenters. The molecule has 1 aliphatic carbocycles. The van der Waals surface area contributed by atoms with Crippen LogP contribution in [0.4, 0.5) is 8.78 Å². The lowest BCUT2D eigenvalue weighted by molar-refractivity contribution is -0.165. The van der Waals surface area contributed by atoms with Gasteiger partial charge in [-0.05, 0) is 30.9 Å². The predicted octanol–water partition coefficient (Wildman–Crippen LogP) is 2.80. The molecule has 1 fully saturated rings. The molecule has 1 N–H and O–H groups in total. The molecule has 2 nitrogen and oxygen atoms in total. The van der Waals surface area contributed by atoms with E-state index in [4.69, 9.17) is 5.11 Å². The summed E-state index contributed by atoms with van der Waals surface area (Å²) in [5.41, 5.74) is 0. The number of carboxylic acids is 1. The smallest absolute Gasteiger partial charge is 0.380 e. The van der Waals surface area contributed by atoms with Gasteiger partial charge in [0, 0.05) is 4.88 Å². The van der Waals surface area contributed by atoms with Crippen molar-refractivity contribution in [3.8, 4) is 0 Å². The van der Waals surface area contributed by atoms with E-state index in [1.807, 2.05) is 0 Å². The van der Waals surface area contributed by atoms with E-state index < -0.39 is 11.9 Å². The van der Waals surface area contributed by atoms with Crippen molar-refractivity contribution in [2.24, 2.45) is 0 Å². The van der Waals surface area contributed by atoms with Crippen LogP contribution in [0.15, 0.2) is 12.1 Å². The molecule has 1 aromatic heterocycles. The summed E-state index contributed by atoms with van der Waals surface area (Å²) < 4.78 is 26.0. The molecule has 1 aliphatic rings. The minimum Gasteiger partial charge on any atom is -0.477 e. The SMILES string of the molecule is O=C(O)C(F)(F)c1ccc(C2CC2)s1. The maximum Gasteiger partial charge on any atom is 0.380 e. The summed E-state index contributed by atoms with van der Waals surface area (Å²) in [6.45, 7) is 0. The fourth-order valence-corrected chi connectivity index (χ4v) is 2.36. The van der Waals surface area contributed by atoms with E-state index in [2.05, 4.69) is 0 Å². The molecule has 0 aromatic carbocycles. The Morgan fingerprint density at radius 2 is 2.14 bits per heavy atom. The van der Waals surface area contributed by atoms with Crippen LogP contribution in [0.3, 0.4) is 0 Å². The Morgan fingerprint density at radius 1 is 1.50 bits per heavy atom. The van der Waals surface area contributed by atoms with Crippen molar-refractivity contribution in [2.45, 2.75) is 24.7 Å². The summed E-state index contributed by atoms with van der Waals surface area (Å²) >= 11 is 0.908. The second-order valence-electron chi connectivity index (χ2n) is 3.36. The quantitative estimate of drug-likeness (QED) is 0.847. The number of carbonyl (C=O) groups is 1. The van der Waals surface area contributed by atoms with Crippen LogP contribution in [0.2, 0.25) is 0 Å². The van der Waals surface area contributed by atoms with Gasteiger partial charge >= 0.3 is 11.9 Å². The predicted molar refractivity (Wildman–Crippen MR) is 47.8 cm³/mol. The minimum atomic E-state index is -3.74. The summed E-state index contributed by atoms with van der Waals surface area (Å²) in [6, 6.07) is 2.82. The summed E-state index contributed by atoms with van der Waals surface area (Å²) in [5.74, 6) is -5.43. The van der Waals surface area contributed by atoms with Gasteiger partial charge in [-0.1, -0.05) is 0 Å². The van der Waals surface area contributed by atoms with E-state index >= 15 is 0 Å². The topological polar surface area (TPSA) is 37.3 Å². The molecule has 0 saturated heterocycles. The van der Waals surface area contributed by atoms with Crippen LogP contribution in [0.5, 0.6) is 0 Å². The van der Waals surface area contributed by atoms with Gasteiger partial charge in [0.15, 0.2) is 0 Å². The molecule has 0 radical (unpaired) electrons. The Balaban J connectivity index is 2.27. The zero-order chi connectivity index (χ0) is 10.3. The Kier molecular flexibility index (Phi) is 2.06. The average Bonchev–Trinajstić information content (AvgIpc) is 2.83. The molecule has 0 bridgehead atoms. The number of alkyl halides is 2. The first kappa shape index (κ1) is 9.58. The highest BCUT2D eigenvalue weighted by atomic mass is 32.1. The van der Waals surface area contributed by atoms with Crippen molar-refractivity contribution in [2.75, 3.05) is 0 Å². The molecule has 14 heavy (non-hydrogen) atoms. The van der Waals surface area contributed by atoms with Gasteiger partial charge in [-0.25, -0.2) is 4.79 Å². The molecule has 5 heteroatoms. The van der Waals surface area contributed by atoms with E-state index in [0.717, 1.165) is 29.1 Å². The van der Waals surface area contributed by atoms with Crippen molar-refractivity contribution >= 4 is 17.3 Å². The number of thiophene rings is 1. The van der Waals surface area contributed by atoms with Crippen LogP contribution >= 0.6 is 11.3 Å². The van der Waals surface area contributed by atoms with Gasteiger partial charge in [0.2, 0.25) is 0 Å². The van der Waals surface area contributed by atoms with Crippen LogP contribution in [0.25, 0.3) is 0 Å². The molecule has 0 aliphatic heterocycles. The number of hydrogen-bond acceptors (Lipinski definition) is 2. The van der Waals surface area contributed by atoms with Gasteiger partial charge in [-0.3, -0.25) is 0 Å². The summed E-state index contributed by atoms with van der Waals surface area (Å²) in [7, 11) is 0. The van der Waals surface area contributed by atoms with E-state index in [1.165, 1.54) is 6.07 Å². The zero-order valence-corrected chi connectivity index (χ0v) is 7.98. The minimum absolute atomic E-state index is 0.369. The monoisotopic (exact) mass is 218 g/mol. The van der Waals surface area contributed by atoms with Crippen LogP contribution in [-0.4, -0.2) is 11.1 Å². The van der Waals surface area contributed by atoms with Crippen molar-refractivity contribution < 1.29 is 18.7 Å². The number of carboxylic acid groups (broad SMARTS) is 1. The van der Waals surface area contributed by atoms with Crippen LogP contribution in [0.1, 0.15) is 28.5 Å². The van der Waals surface area contributed by atoms with Crippen molar-refractivity contribution in [1.82, 2.24) is 0 Å². The lowest BCUT2D eigenvalue weighted by Crippen LogP contribution is -2.23. The third-order valence-electron chi connectivity index (χ3n) is 2.18. The average molecular weight is 218 g/mol. The highest BCUT2D eigenvalue weighted by Crippen LogP contribution is 2.45. The van der Waals surface area contributed by atoms with Gasteiger partial charge in [0.25, 0.3) is 0 Å². The van der Waals surface area contributed by atoms with E-state index in [1.54, 1.807) is 6.07 Å². The Hall–Kier alpha value is -0.970. The second kappa shape index (κ2) is 3.02. The van der Waals surface area contributed by atoms with Gasteiger partial charge in [-0.2, -0.15) is 8.78 Å². The normalized spacial score (nSPS) is 17.0. The molecule has 2 rings (SSSR count). The zero-order valence-electron chi connectivity index (χ0n) is 7.17. The van der Waals surface area contributed by atoms with Gasteiger partial charge in [0.05, 0.1) is 4.88 Å². The number of hydrogen-bond donors (Lipinski definition) is 1. The van der Waals surface area contributed by atoms with E-state index in [-0.39, 0.29) is 4.88 Å². The molecule has 76 valence electrons. The molecule has 0 amide bonds. The largest absolute Gasteiger partial charge is 0.477 e. The Bertz CT molecular complexity index is 369. The van der Waals surface area contributed by atoms with E-state index in [9.17, 15) is 13.6 Å². The fraction of sp³-hybridized carbons (Fsp3) is 0.444. The van der Waals surface area contributed by atoms with Crippen molar-refractivity contribution in [3.05, 3.63) is 21.9 Å². The maximum absolute atomic E-state index is 13.0. The Morgan fingerprint density at radius 3 is 2.64 bits per heavy atom. The summed E-state index contributed by atoms with van der Waals surface area (Å²) in [4.78, 5) is 10.8. The second-order valence-corrected chi connectivity index (χ2v) is 4.47. The van der Waals surface area contributed by atoms with Crippen LogP contribution < -0.4 is 0 Å². The van der Waals surface area contributed by atoms with Crippen LogP contribution in [-0.2, 0) is 10.7 Å². The van der Waals surface area contributed by atoms with Gasteiger partial charge < -0.3 is 5.11 Å². The highest BCUT2D eigenvalue weighted by molar-refractivity contribution is 7.12.